The number of nitrogens with two attached hydrogens (primary N) is 1. The van der Waals surface area contributed by atoms with E-state index in [9.17, 15) is 5.11 Å². The number of aliphatic hydroxyl groups excluding tert-OH is 1. The van der Waals surface area contributed by atoms with Crippen molar-refractivity contribution in [3.63, 3.8) is 0 Å². The van der Waals surface area contributed by atoms with Crippen molar-refractivity contribution < 1.29 is 14.6 Å². The summed E-state index contributed by atoms with van der Waals surface area (Å²) < 4.78 is 11.6. The number of para-hydroxylation sites is 1. The molecule has 0 bridgehead atoms. The lowest BCUT2D eigenvalue weighted by molar-refractivity contribution is 0.132. The Morgan fingerprint density at radius 3 is 2.59 bits per heavy atom. The molecule has 0 saturated carbocycles. The summed E-state index contributed by atoms with van der Waals surface area (Å²) in [6, 6.07) is 21.4. The molecule has 0 amide bonds. The number of aliphatic hydroxyl groups is 1. The molecule has 0 spiro atoms. The van der Waals surface area contributed by atoms with E-state index in [-0.39, 0.29) is 12.7 Å². The number of anilines is 1. The third kappa shape index (κ3) is 5.29. The van der Waals surface area contributed by atoms with Crippen molar-refractivity contribution in [3.8, 4) is 11.5 Å². The van der Waals surface area contributed by atoms with Gasteiger partial charge in [-0.25, -0.2) is 4.99 Å². The summed E-state index contributed by atoms with van der Waals surface area (Å²) >= 11 is 0. The van der Waals surface area contributed by atoms with Crippen molar-refractivity contribution in [3.05, 3.63) is 77.9 Å². The number of likely N-dealkylation sites (N-methyl/N-ethyl adjacent to an activating group) is 1. The molecule has 176 valence electrons. The van der Waals surface area contributed by atoms with E-state index in [4.69, 9.17) is 15.2 Å². The van der Waals surface area contributed by atoms with Crippen LogP contribution in [0.2, 0.25) is 0 Å². The number of amidine groups is 2. The summed E-state index contributed by atoms with van der Waals surface area (Å²) in [5.41, 5.74) is 10.3. The number of benzene rings is 3. The van der Waals surface area contributed by atoms with Gasteiger partial charge < -0.3 is 30.5 Å². The van der Waals surface area contributed by atoms with E-state index in [0.717, 1.165) is 34.0 Å². The van der Waals surface area contributed by atoms with Crippen molar-refractivity contribution in [1.82, 2.24) is 4.90 Å². The molecule has 1 aliphatic heterocycles. The SMILES string of the molecule is CNc1ccc(N=C2OC(CO)CN2C)cc1C(N)=Nc1ccc(Oc2ccccc2)c(C)c1. The Hall–Kier alpha value is -4.04. The lowest BCUT2D eigenvalue weighted by Crippen LogP contribution is -2.21. The number of hydrogen-bond acceptors (Lipinski definition) is 6. The van der Waals surface area contributed by atoms with Gasteiger partial charge in [0.15, 0.2) is 0 Å². The molecule has 3 aromatic carbocycles. The largest absolute Gasteiger partial charge is 0.457 e. The fourth-order valence-electron chi connectivity index (χ4n) is 3.64. The first-order valence-electron chi connectivity index (χ1n) is 11.0. The van der Waals surface area contributed by atoms with Gasteiger partial charge in [-0.15, -0.1) is 0 Å². The van der Waals surface area contributed by atoms with Crippen LogP contribution in [-0.4, -0.2) is 55.2 Å². The van der Waals surface area contributed by atoms with Crippen LogP contribution in [0.1, 0.15) is 11.1 Å². The maximum Gasteiger partial charge on any atom is 0.292 e. The molecule has 1 saturated heterocycles. The smallest absolute Gasteiger partial charge is 0.292 e. The molecule has 3 aromatic rings. The molecule has 1 aliphatic rings. The van der Waals surface area contributed by atoms with Crippen LogP contribution in [0.3, 0.4) is 0 Å². The highest BCUT2D eigenvalue weighted by Crippen LogP contribution is 2.29. The molecule has 0 radical (unpaired) electrons. The lowest BCUT2D eigenvalue weighted by atomic mass is 10.1. The van der Waals surface area contributed by atoms with Crippen molar-refractivity contribution in [2.75, 3.05) is 32.6 Å². The van der Waals surface area contributed by atoms with Crippen LogP contribution in [0.15, 0.2) is 76.7 Å². The van der Waals surface area contributed by atoms with Gasteiger partial charge in [-0.05, 0) is 61.0 Å². The molecule has 34 heavy (non-hydrogen) atoms. The second kappa shape index (κ2) is 10.3. The molecular formula is C26H29N5O3. The summed E-state index contributed by atoms with van der Waals surface area (Å²) in [6.07, 6.45) is -0.275. The molecule has 4 N–H and O–H groups in total. The number of aryl methyl sites for hydroxylation is 1. The van der Waals surface area contributed by atoms with E-state index < -0.39 is 0 Å². The minimum absolute atomic E-state index is 0.0541. The first-order chi connectivity index (χ1) is 16.5. The van der Waals surface area contributed by atoms with Crippen molar-refractivity contribution >= 4 is 28.9 Å². The van der Waals surface area contributed by atoms with Crippen LogP contribution in [-0.2, 0) is 4.74 Å². The number of nitrogens with zero attached hydrogens (tertiary/aromatic N) is 3. The predicted molar refractivity (Wildman–Crippen MR) is 136 cm³/mol. The zero-order valence-corrected chi connectivity index (χ0v) is 19.5. The fourth-order valence-corrected chi connectivity index (χ4v) is 3.64. The van der Waals surface area contributed by atoms with Gasteiger partial charge in [0, 0.05) is 25.3 Å². The zero-order chi connectivity index (χ0) is 24.1. The molecule has 1 heterocycles. The highest BCUT2D eigenvalue weighted by molar-refractivity contribution is 6.04. The van der Waals surface area contributed by atoms with Gasteiger partial charge in [-0.1, -0.05) is 18.2 Å². The molecule has 4 rings (SSSR count). The van der Waals surface area contributed by atoms with Gasteiger partial charge in [0.05, 0.1) is 24.5 Å². The third-order valence-corrected chi connectivity index (χ3v) is 5.43. The van der Waals surface area contributed by atoms with E-state index in [0.29, 0.717) is 24.1 Å². The van der Waals surface area contributed by atoms with Crippen LogP contribution in [0.4, 0.5) is 17.1 Å². The monoisotopic (exact) mass is 459 g/mol. The van der Waals surface area contributed by atoms with E-state index in [2.05, 4.69) is 15.3 Å². The first kappa shape index (κ1) is 23.1. The molecule has 8 nitrogen and oxygen atoms in total. The predicted octanol–water partition coefficient (Wildman–Crippen LogP) is 4.18. The van der Waals surface area contributed by atoms with Gasteiger partial charge in [-0.2, -0.15) is 4.99 Å². The Balaban J connectivity index is 1.59. The Labute approximate surface area is 199 Å². The maximum absolute atomic E-state index is 9.35. The summed E-state index contributed by atoms with van der Waals surface area (Å²) in [5, 5.41) is 12.5. The van der Waals surface area contributed by atoms with Gasteiger partial charge >= 0.3 is 0 Å². The molecule has 0 aromatic heterocycles. The first-order valence-corrected chi connectivity index (χ1v) is 11.0. The average Bonchev–Trinajstić information content (AvgIpc) is 3.20. The van der Waals surface area contributed by atoms with Crippen LogP contribution < -0.4 is 15.8 Å². The van der Waals surface area contributed by atoms with Gasteiger partial charge in [0.2, 0.25) is 0 Å². The minimum atomic E-state index is -0.275. The normalized spacial score (nSPS) is 17.1. The summed E-state index contributed by atoms with van der Waals surface area (Å²) in [6.45, 7) is 2.51. The van der Waals surface area contributed by atoms with Gasteiger partial charge in [0.25, 0.3) is 6.02 Å². The number of aliphatic imine (C=N–C) groups is 2. The zero-order valence-electron chi connectivity index (χ0n) is 19.5. The van der Waals surface area contributed by atoms with Crippen molar-refractivity contribution in [2.45, 2.75) is 13.0 Å². The van der Waals surface area contributed by atoms with Crippen molar-refractivity contribution in [2.24, 2.45) is 15.7 Å². The van der Waals surface area contributed by atoms with E-state index in [1.807, 2.05) is 92.6 Å². The third-order valence-electron chi connectivity index (χ3n) is 5.43. The number of rotatable bonds is 7. The topological polar surface area (TPSA) is 105 Å². The Morgan fingerprint density at radius 1 is 1.15 bits per heavy atom. The Morgan fingerprint density at radius 2 is 1.91 bits per heavy atom. The minimum Gasteiger partial charge on any atom is -0.457 e. The highest BCUT2D eigenvalue weighted by Gasteiger charge is 2.26. The van der Waals surface area contributed by atoms with Crippen LogP contribution in [0.5, 0.6) is 11.5 Å². The highest BCUT2D eigenvalue weighted by atomic mass is 16.5. The Kier molecular flexibility index (Phi) is 6.98. The standard InChI is InChI=1S/C26H29N5O3/c1-17-13-18(10-12-24(17)33-20-7-5-4-6-8-20)29-25(27)22-14-19(9-11-23(22)28-2)30-26-31(3)15-21(16-32)34-26/h4-14,21,28,32H,15-16H2,1-3H3,(H2,27,29). The van der Waals surface area contributed by atoms with Crippen LogP contribution in [0.25, 0.3) is 0 Å². The molecule has 1 atom stereocenters. The Bertz CT molecular complexity index is 1210. The average molecular weight is 460 g/mol. The molecule has 8 heteroatoms. The second-order valence-electron chi connectivity index (χ2n) is 8.04. The summed E-state index contributed by atoms with van der Waals surface area (Å²) in [4.78, 5) is 11.1. The number of ether oxygens (including phenoxy) is 2. The lowest BCUT2D eigenvalue weighted by Gasteiger charge is -2.12. The van der Waals surface area contributed by atoms with E-state index in [1.165, 1.54) is 0 Å². The fraction of sp³-hybridized carbons (Fsp3) is 0.231. The molecular weight excluding hydrogens is 430 g/mol. The second-order valence-corrected chi connectivity index (χ2v) is 8.04. The molecule has 1 fully saturated rings. The summed E-state index contributed by atoms with van der Waals surface area (Å²) in [7, 11) is 3.71. The van der Waals surface area contributed by atoms with Crippen LogP contribution >= 0.6 is 0 Å². The number of hydrogen-bond donors (Lipinski definition) is 3. The van der Waals surface area contributed by atoms with Gasteiger partial charge in [0.1, 0.15) is 23.4 Å². The molecule has 1 unspecified atom stereocenters. The summed E-state index contributed by atoms with van der Waals surface area (Å²) in [5.74, 6) is 1.90. The van der Waals surface area contributed by atoms with E-state index >= 15 is 0 Å². The van der Waals surface area contributed by atoms with Gasteiger partial charge in [-0.3, -0.25) is 0 Å². The van der Waals surface area contributed by atoms with Crippen LogP contribution in [0, 0.1) is 6.92 Å². The molecule has 0 aliphatic carbocycles. The number of nitrogens with one attached hydrogen (secondary N) is 1. The quantitative estimate of drug-likeness (QED) is 0.362. The maximum atomic E-state index is 9.35. The van der Waals surface area contributed by atoms with Crippen molar-refractivity contribution in [1.29, 1.82) is 0 Å². The van der Waals surface area contributed by atoms with E-state index in [1.54, 1.807) is 0 Å².